The van der Waals surface area contributed by atoms with E-state index < -0.39 is 0 Å². The number of anilines is 3. The van der Waals surface area contributed by atoms with Gasteiger partial charge in [-0.05, 0) is 37.3 Å². The number of carbonyl (C=O) groups is 1. The number of nitrogens with zero attached hydrogens (tertiary/aromatic N) is 3. The average molecular weight is 416 g/mol. The van der Waals surface area contributed by atoms with E-state index in [9.17, 15) is 4.79 Å². The van der Waals surface area contributed by atoms with Crippen molar-refractivity contribution >= 4 is 34.8 Å². The van der Waals surface area contributed by atoms with Crippen LogP contribution in [0.1, 0.15) is 16.2 Å². The zero-order valence-electron chi connectivity index (χ0n) is 16.1. The molecule has 0 radical (unpaired) electrons. The van der Waals surface area contributed by atoms with Gasteiger partial charge in [-0.2, -0.15) is 0 Å². The third-order valence-electron chi connectivity index (χ3n) is 4.27. The molecule has 0 fully saturated rings. The van der Waals surface area contributed by atoms with Crippen molar-refractivity contribution in [3.05, 3.63) is 95.4 Å². The molecule has 0 saturated heterocycles. The van der Waals surface area contributed by atoms with Crippen LogP contribution < -0.4 is 10.6 Å². The van der Waals surface area contributed by atoms with Crippen molar-refractivity contribution in [2.24, 2.45) is 0 Å². The van der Waals surface area contributed by atoms with Crippen LogP contribution in [0.5, 0.6) is 0 Å². The van der Waals surface area contributed by atoms with Crippen LogP contribution in [0.15, 0.2) is 79.0 Å². The van der Waals surface area contributed by atoms with E-state index in [4.69, 9.17) is 11.6 Å². The largest absolute Gasteiger partial charge is 0.340 e. The number of aryl methyl sites for hydroxylation is 1. The summed E-state index contributed by atoms with van der Waals surface area (Å²) in [7, 11) is 0. The highest BCUT2D eigenvalue weighted by Crippen LogP contribution is 2.23. The fraction of sp³-hybridized carbons (Fsp3) is 0.0435. The maximum absolute atomic E-state index is 12.6. The molecule has 2 aromatic heterocycles. The van der Waals surface area contributed by atoms with E-state index in [-0.39, 0.29) is 5.91 Å². The summed E-state index contributed by atoms with van der Waals surface area (Å²) in [6.07, 6.45) is 1.54. The number of pyridine rings is 1. The highest BCUT2D eigenvalue weighted by atomic mass is 35.5. The predicted molar refractivity (Wildman–Crippen MR) is 119 cm³/mol. The van der Waals surface area contributed by atoms with E-state index >= 15 is 0 Å². The topological polar surface area (TPSA) is 79.8 Å². The third kappa shape index (κ3) is 4.79. The first kappa shape index (κ1) is 19.5. The van der Waals surface area contributed by atoms with E-state index in [2.05, 4.69) is 25.6 Å². The molecule has 7 heteroatoms. The molecule has 2 N–H and O–H groups in total. The summed E-state index contributed by atoms with van der Waals surface area (Å²) in [4.78, 5) is 25.6. The second kappa shape index (κ2) is 8.71. The van der Waals surface area contributed by atoms with Gasteiger partial charge in [-0.1, -0.05) is 48.0 Å². The summed E-state index contributed by atoms with van der Waals surface area (Å²) in [6.45, 7) is 1.85. The van der Waals surface area contributed by atoms with Crippen LogP contribution in [0.4, 0.5) is 17.3 Å². The maximum atomic E-state index is 12.6. The Morgan fingerprint density at radius 1 is 0.900 bits per heavy atom. The molecule has 2 heterocycles. The molecule has 4 rings (SSSR count). The first-order chi connectivity index (χ1) is 14.6. The highest BCUT2D eigenvalue weighted by molar-refractivity contribution is 6.30. The summed E-state index contributed by atoms with van der Waals surface area (Å²) in [5, 5.41) is 6.50. The fourth-order valence-electron chi connectivity index (χ4n) is 2.94. The lowest BCUT2D eigenvalue weighted by atomic mass is 10.1. The Balaban J connectivity index is 1.55. The maximum Gasteiger partial charge on any atom is 0.256 e. The van der Waals surface area contributed by atoms with Crippen LogP contribution >= 0.6 is 11.6 Å². The molecule has 0 aliphatic carbocycles. The first-order valence-electron chi connectivity index (χ1n) is 9.28. The minimum absolute atomic E-state index is 0.280. The SMILES string of the molecule is Cc1nc(Nc2cccc(C(=O)Nc3cc(Cl)ccn3)c2)cc(-c2ccccc2)n1. The number of rotatable bonds is 5. The molecule has 30 heavy (non-hydrogen) atoms. The Morgan fingerprint density at radius 2 is 1.73 bits per heavy atom. The van der Waals surface area contributed by atoms with Gasteiger partial charge in [-0.25, -0.2) is 15.0 Å². The van der Waals surface area contributed by atoms with Crippen molar-refractivity contribution in [3.8, 4) is 11.3 Å². The van der Waals surface area contributed by atoms with Gasteiger partial charge in [-0.3, -0.25) is 4.79 Å². The fourth-order valence-corrected chi connectivity index (χ4v) is 3.10. The lowest BCUT2D eigenvalue weighted by Crippen LogP contribution is -2.13. The van der Waals surface area contributed by atoms with Crippen molar-refractivity contribution in [3.63, 3.8) is 0 Å². The van der Waals surface area contributed by atoms with E-state index in [1.807, 2.05) is 49.4 Å². The Kier molecular flexibility index (Phi) is 5.68. The molecule has 1 amide bonds. The number of amides is 1. The van der Waals surface area contributed by atoms with Gasteiger partial charge in [0.15, 0.2) is 0 Å². The van der Waals surface area contributed by atoms with E-state index in [0.717, 1.165) is 16.9 Å². The number of benzene rings is 2. The molecule has 4 aromatic rings. The smallest absolute Gasteiger partial charge is 0.256 e. The molecular weight excluding hydrogens is 398 g/mol. The molecule has 0 bridgehead atoms. The Bertz CT molecular complexity index is 1200. The van der Waals surface area contributed by atoms with Crippen molar-refractivity contribution in [2.75, 3.05) is 10.6 Å². The normalized spacial score (nSPS) is 10.5. The average Bonchev–Trinajstić information content (AvgIpc) is 2.74. The van der Waals surface area contributed by atoms with Gasteiger partial charge in [0, 0.05) is 34.1 Å². The number of hydrogen-bond donors (Lipinski definition) is 2. The monoisotopic (exact) mass is 415 g/mol. The van der Waals surface area contributed by atoms with E-state index in [0.29, 0.717) is 28.0 Å². The zero-order chi connectivity index (χ0) is 20.9. The molecule has 0 saturated carbocycles. The van der Waals surface area contributed by atoms with Crippen LogP contribution in [0, 0.1) is 6.92 Å². The Morgan fingerprint density at radius 3 is 2.53 bits per heavy atom. The third-order valence-corrected chi connectivity index (χ3v) is 4.50. The minimum atomic E-state index is -0.280. The summed E-state index contributed by atoms with van der Waals surface area (Å²) in [5.74, 6) is 1.41. The van der Waals surface area contributed by atoms with Gasteiger partial charge in [0.1, 0.15) is 17.5 Å². The molecule has 0 aliphatic heterocycles. The number of aromatic nitrogens is 3. The zero-order valence-corrected chi connectivity index (χ0v) is 16.9. The minimum Gasteiger partial charge on any atom is -0.340 e. The van der Waals surface area contributed by atoms with Gasteiger partial charge in [0.25, 0.3) is 5.91 Å². The summed E-state index contributed by atoms with van der Waals surface area (Å²) >= 11 is 5.95. The lowest BCUT2D eigenvalue weighted by molar-refractivity contribution is 0.102. The number of nitrogens with one attached hydrogen (secondary N) is 2. The van der Waals surface area contributed by atoms with Crippen LogP contribution in [-0.4, -0.2) is 20.9 Å². The van der Waals surface area contributed by atoms with Gasteiger partial charge in [-0.15, -0.1) is 0 Å². The summed E-state index contributed by atoms with van der Waals surface area (Å²) in [6, 6.07) is 22.2. The van der Waals surface area contributed by atoms with Gasteiger partial charge in [0.2, 0.25) is 0 Å². The van der Waals surface area contributed by atoms with Gasteiger partial charge < -0.3 is 10.6 Å². The van der Waals surface area contributed by atoms with E-state index in [1.165, 1.54) is 6.20 Å². The number of carbonyl (C=O) groups excluding carboxylic acids is 1. The van der Waals surface area contributed by atoms with Crippen LogP contribution in [0.2, 0.25) is 5.02 Å². The second-order valence-corrected chi connectivity index (χ2v) is 7.01. The van der Waals surface area contributed by atoms with Crippen molar-refractivity contribution < 1.29 is 4.79 Å². The lowest BCUT2D eigenvalue weighted by Gasteiger charge is -2.10. The summed E-state index contributed by atoms with van der Waals surface area (Å²) < 4.78 is 0. The van der Waals surface area contributed by atoms with Crippen molar-refractivity contribution in [1.82, 2.24) is 15.0 Å². The van der Waals surface area contributed by atoms with Gasteiger partial charge >= 0.3 is 0 Å². The molecule has 0 spiro atoms. The first-order valence-corrected chi connectivity index (χ1v) is 9.66. The second-order valence-electron chi connectivity index (χ2n) is 6.57. The van der Waals surface area contributed by atoms with Crippen molar-refractivity contribution in [1.29, 1.82) is 0 Å². The Labute approximate surface area is 179 Å². The standard InChI is InChI=1S/C23H18ClN5O/c1-15-26-20(16-6-3-2-4-7-16)14-22(27-15)28-19-9-5-8-17(12-19)23(30)29-21-13-18(24)10-11-25-21/h2-14H,1H3,(H,25,29,30)(H,26,27,28). The van der Waals surface area contributed by atoms with Crippen LogP contribution in [0.25, 0.3) is 11.3 Å². The molecule has 6 nitrogen and oxygen atoms in total. The van der Waals surface area contributed by atoms with Crippen LogP contribution in [-0.2, 0) is 0 Å². The Hall–Kier alpha value is -3.77. The van der Waals surface area contributed by atoms with Gasteiger partial charge in [0.05, 0.1) is 5.69 Å². The molecule has 0 atom stereocenters. The molecule has 0 aliphatic rings. The highest BCUT2D eigenvalue weighted by Gasteiger charge is 2.09. The van der Waals surface area contributed by atoms with E-state index in [1.54, 1.807) is 30.3 Å². The summed E-state index contributed by atoms with van der Waals surface area (Å²) in [5.41, 5.74) is 3.05. The quantitative estimate of drug-likeness (QED) is 0.450. The number of hydrogen-bond acceptors (Lipinski definition) is 5. The molecular formula is C23H18ClN5O. The van der Waals surface area contributed by atoms with Crippen LogP contribution in [0.3, 0.4) is 0 Å². The van der Waals surface area contributed by atoms with Crippen molar-refractivity contribution in [2.45, 2.75) is 6.92 Å². The molecule has 2 aromatic carbocycles. The molecule has 0 unspecified atom stereocenters. The predicted octanol–water partition coefficient (Wildman–Crippen LogP) is 5.50. The molecule has 148 valence electrons. The number of halogens is 1.